The van der Waals surface area contributed by atoms with Gasteiger partial charge in [0.25, 0.3) is 0 Å². The molecule has 1 amide bonds. The normalized spacial score (nSPS) is 30.3. The summed E-state index contributed by atoms with van der Waals surface area (Å²) in [5.74, 6) is 0.979. The van der Waals surface area contributed by atoms with Crippen molar-refractivity contribution in [3.8, 4) is 0 Å². The van der Waals surface area contributed by atoms with Gasteiger partial charge in [-0.1, -0.05) is 6.42 Å². The third kappa shape index (κ3) is 3.42. The Balaban J connectivity index is 1.85. The van der Waals surface area contributed by atoms with Crippen molar-refractivity contribution < 1.29 is 4.79 Å². The van der Waals surface area contributed by atoms with Gasteiger partial charge in [-0.25, -0.2) is 0 Å². The third-order valence-electron chi connectivity index (χ3n) is 3.93. The Kier molecular flexibility index (Phi) is 4.80. The number of rotatable bonds is 3. The van der Waals surface area contributed by atoms with Crippen LogP contribution in [0.25, 0.3) is 0 Å². The van der Waals surface area contributed by atoms with Crippen molar-refractivity contribution in [3.63, 3.8) is 0 Å². The van der Waals surface area contributed by atoms with Crippen LogP contribution in [-0.4, -0.2) is 50.1 Å². The average molecular weight is 239 g/mol. The molecule has 2 aliphatic heterocycles. The molecule has 2 fully saturated rings. The molecule has 0 aromatic rings. The van der Waals surface area contributed by atoms with Crippen LogP contribution in [0, 0.1) is 5.92 Å². The van der Waals surface area contributed by atoms with E-state index < -0.39 is 0 Å². The van der Waals surface area contributed by atoms with Gasteiger partial charge in [-0.05, 0) is 51.7 Å². The van der Waals surface area contributed by atoms with Crippen molar-refractivity contribution in [1.29, 1.82) is 0 Å². The van der Waals surface area contributed by atoms with Gasteiger partial charge in [0.15, 0.2) is 0 Å². The fourth-order valence-corrected chi connectivity index (χ4v) is 3.00. The highest BCUT2D eigenvalue weighted by molar-refractivity contribution is 5.82. The van der Waals surface area contributed by atoms with Crippen LogP contribution in [0.5, 0.6) is 0 Å². The highest BCUT2D eigenvalue weighted by atomic mass is 16.2. The van der Waals surface area contributed by atoms with Gasteiger partial charge in [0.2, 0.25) is 5.91 Å². The van der Waals surface area contributed by atoms with Crippen molar-refractivity contribution in [2.24, 2.45) is 5.92 Å². The van der Waals surface area contributed by atoms with E-state index >= 15 is 0 Å². The number of nitrogens with zero attached hydrogens (tertiary/aromatic N) is 1. The minimum atomic E-state index is 0.0945. The maximum absolute atomic E-state index is 12.3. The molecule has 0 radical (unpaired) electrons. The van der Waals surface area contributed by atoms with E-state index in [0.29, 0.717) is 11.8 Å². The number of likely N-dealkylation sites (tertiary alicyclic amines) is 1. The molecular weight excluding hydrogens is 214 g/mol. The lowest BCUT2D eigenvalue weighted by Crippen LogP contribution is -2.52. The van der Waals surface area contributed by atoms with Gasteiger partial charge in [-0.15, -0.1) is 0 Å². The number of nitrogens with one attached hydrogen (secondary N) is 2. The molecule has 2 saturated heterocycles. The molecule has 0 aromatic heterocycles. The molecule has 2 N–H and O–H groups in total. The van der Waals surface area contributed by atoms with Crippen molar-refractivity contribution >= 4 is 5.91 Å². The third-order valence-corrected chi connectivity index (χ3v) is 3.93. The fourth-order valence-electron chi connectivity index (χ4n) is 3.00. The molecule has 2 aliphatic rings. The summed E-state index contributed by atoms with van der Waals surface area (Å²) in [6, 6.07) is 0.0945. The van der Waals surface area contributed by atoms with Gasteiger partial charge in [0.05, 0.1) is 6.04 Å². The quantitative estimate of drug-likeness (QED) is 0.757. The largest absolute Gasteiger partial charge is 0.341 e. The van der Waals surface area contributed by atoms with Crippen molar-refractivity contribution in [3.05, 3.63) is 0 Å². The molecule has 4 heteroatoms. The van der Waals surface area contributed by atoms with Gasteiger partial charge in [-0.3, -0.25) is 4.79 Å². The van der Waals surface area contributed by atoms with E-state index in [1.807, 2.05) is 7.05 Å². The molecule has 0 spiro atoms. The van der Waals surface area contributed by atoms with Crippen LogP contribution in [0.1, 0.15) is 32.1 Å². The Morgan fingerprint density at radius 2 is 2.24 bits per heavy atom. The standard InChI is InChI=1S/C13H25N3O/c1-14-9-11-5-4-8-16(10-11)13(17)12-6-2-3-7-15-12/h11-12,14-15H,2-10H2,1H3. The first-order chi connectivity index (χ1) is 8.31. The van der Waals surface area contributed by atoms with E-state index in [1.165, 1.54) is 19.3 Å². The zero-order chi connectivity index (χ0) is 12.1. The summed E-state index contributed by atoms with van der Waals surface area (Å²) in [7, 11) is 1.99. The summed E-state index contributed by atoms with van der Waals surface area (Å²) in [5, 5.41) is 6.58. The molecule has 2 heterocycles. The van der Waals surface area contributed by atoms with Crippen LogP contribution < -0.4 is 10.6 Å². The predicted molar refractivity (Wildman–Crippen MR) is 68.9 cm³/mol. The van der Waals surface area contributed by atoms with Crippen molar-refractivity contribution in [1.82, 2.24) is 15.5 Å². The highest BCUT2D eigenvalue weighted by Gasteiger charge is 2.29. The molecule has 2 rings (SSSR count). The summed E-state index contributed by atoms with van der Waals surface area (Å²) >= 11 is 0. The number of hydrogen-bond acceptors (Lipinski definition) is 3. The van der Waals surface area contributed by atoms with Crippen LogP contribution in [-0.2, 0) is 4.79 Å². The van der Waals surface area contributed by atoms with Crippen molar-refractivity contribution in [2.75, 3.05) is 33.2 Å². The average Bonchev–Trinajstić information content (AvgIpc) is 2.40. The van der Waals surface area contributed by atoms with E-state index in [-0.39, 0.29) is 6.04 Å². The van der Waals surface area contributed by atoms with Crippen LogP contribution in [0.2, 0.25) is 0 Å². The number of carbonyl (C=O) groups is 1. The highest BCUT2D eigenvalue weighted by Crippen LogP contribution is 2.18. The Bertz CT molecular complexity index is 249. The molecule has 0 aliphatic carbocycles. The topological polar surface area (TPSA) is 44.4 Å². The van der Waals surface area contributed by atoms with Crippen LogP contribution in [0.3, 0.4) is 0 Å². The maximum Gasteiger partial charge on any atom is 0.239 e. The van der Waals surface area contributed by atoms with Crippen molar-refractivity contribution in [2.45, 2.75) is 38.1 Å². The molecule has 2 unspecified atom stereocenters. The maximum atomic E-state index is 12.3. The molecule has 0 aromatic carbocycles. The first-order valence-electron chi connectivity index (χ1n) is 6.98. The van der Waals surface area contributed by atoms with E-state index in [1.54, 1.807) is 0 Å². The van der Waals surface area contributed by atoms with Crippen LogP contribution >= 0.6 is 0 Å². The lowest BCUT2D eigenvalue weighted by molar-refractivity contribution is -0.135. The molecule has 2 atom stereocenters. The summed E-state index contributed by atoms with van der Waals surface area (Å²) in [6.07, 6.45) is 5.84. The molecule has 0 bridgehead atoms. The lowest BCUT2D eigenvalue weighted by atomic mass is 9.96. The first-order valence-corrected chi connectivity index (χ1v) is 6.98. The lowest BCUT2D eigenvalue weighted by Gasteiger charge is -2.36. The minimum absolute atomic E-state index is 0.0945. The van der Waals surface area contributed by atoms with Gasteiger partial charge in [0.1, 0.15) is 0 Å². The SMILES string of the molecule is CNCC1CCCN(C(=O)C2CCCCN2)C1. The number of piperidine rings is 2. The smallest absolute Gasteiger partial charge is 0.239 e. The monoisotopic (exact) mass is 239 g/mol. The molecule has 98 valence electrons. The van der Waals surface area contributed by atoms with E-state index in [2.05, 4.69) is 15.5 Å². The van der Waals surface area contributed by atoms with Gasteiger partial charge >= 0.3 is 0 Å². The second-order valence-electron chi connectivity index (χ2n) is 5.35. The zero-order valence-electron chi connectivity index (χ0n) is 10.9. The summed E-state index contributed by atoms with van der Waals surface area (Å²) in [5.41, 5.74) is 0. The number of carbonyl (C=O) groups excluding carboxylic acids is 1. The Morgan fingerprint density at radius 1 is 1.35 bits per heavy atom. The molecular formula is C13H25N3O. The van der Waals surface area contributed by atoms with Gasteiger partial charge < -0.3 is 15.5 Å². The van der Waals surface area contributed by atoms with E-state index in [4.69, 9.17) is 0 Å². The predicted octanol–water partition coefficient (Wildman–Crippen LogP) is 0.587. The fraction of sp³-hybridized carbons (Fsp3) is 0.923. The second-order valence-corrected chi connectivity index (χ2v) is 5.35. The molecule has 17 heavy (non-hydrogen) atoms. The van der Waals surface area contributed by atoms with E-state index in [9.17, 15) is 4.79 Å². The number of hydrogen-bond donors (Lipinski definition) is 2. The Labute approximate surface area is 104 Å². The molecule has 4 nitrogen and oxygen atoms in total. The summed E-state index contributed by atoms with van der Waals surface area (Å²) < 4.78 is 0. The molecule has 0 saturated carbocycles. The second kappa shape index (κ2) is 6.36. The summed E-state index contributed by atoms with van der Waals surface area (Å²) in [6.45, 7) is 3.93. The minimum Gasteiger partial charge on any atom is -0.341 e. The Morgan fingerprint density at radius 3 is 2.94 bits per heavy atom. The Hall–Kier alpha value is -0.610. The number of amides is 1. The van der Waals surface area contributed by atoms with Gasteiger partial charge in [0, 0.05) is 13.1 Å². The van der Waals surface area contributed by atoms with Crippen LogP contribution in [0.4, 0.5) is 0 Å². The van der Waals surface area contributed by atoms with Gasteiger partial charge in [-0.2, -0.15) is 0 Å². The zero-order valence-corrected chi connectivity index (χ0v) is 10.9. The summed E-state index contributed by atoms with van der Waals surface area (Å²) in [4.78, 5) is 14.4. The first kappa shape index (κ1) is 12.8. The van der Waals surface area contributed by atoms with E-state index in [0.717, 1.165) is 39.0 Å². The van der Waals surface area contributed by atoms with Crippen LogP contribution in [0.15, 0.2) is 0 Å².